The Morgan fingerprint density at radius 1 is 1.13 bits per heavy atom. The van der Waals surface area contributed by atoms with Gasteiger partial charge in [-0.05, 0) is 48.8 Å². The van der Waals surface area contributed by atoms with Crippen LogP contribution in [0.4, 0.5) is 0 Å². The van der Waals surface area contributed by atoms with Gasteiger partial charge in [0.05, 0.1) is 6.54 Å². The Kier molecular flexibility index (Phi) is 8.51. The molecule has 30 heavy (non-hydrogen) atoms. The highest BCUT2D eigenvalue weighted by atomic mass is 35.5. The number of hydrogen-bond acceptors (Lipinski definition) is 3. The maximum atomic E-state index is 12.6. The Morgan fingerprint density at radius 2 is 1.90 bits per heavy atom. The van der Waals surface area contributed by atoms with E-state index in [1.54, 1.807) is 19.3 Å². The van der Waals surface area contributed by atoms with Crippen molar-refractivity contribution < 1.29 is 4.79 Å². The highest BCUT2D eigenvalue weighted by molar-refractivity contribution is 6.29. The Labute approximate surface area is 183 Å². The minimum Gasteiger partial charge on any atom is -0.356 e. The molecule has 0 bridgehead atoms. The number of hydrogen-bond donors (Lipinski definition) is 2. The summed E-state index contributed by atoms with van der Waals surface area (Å²) >= 11 is 5.81. The number of aromatic nitrogens is 1. The van der Waals surface area contributed by atoms with Crippen LogP contribution in [0, 0.1) is 5.92 Å². The summed E-state index contributed by atoms with van der Waals surface area (Å²) in [5.41, 5.74) is 2.48. The van der Waals surface area contributed by atoms with Crippen molar-refractivity contribution in [1.82, 2.24) is 20.5 Å². The minimum absolute atomic E-state index is 0.123. The highest BCUT2D eigenvalue weighted by Gasteiger charge is 2.22. The predicted octanol–water partition coefficient (Wildman–Crippen LogP) is 2.92. The van der Waals surface area contributed by atoms with E-state index in [1.807, 2.05) is 11.0 Å². The van der Waals surface area contributed by atoms with E-state index >= 15 is 0 Å². The molecule has 2 N–H and O–H groups in total. The molecule has 1 aliphatic heterocycles. The lowest BCUT2D eigenvalue weighted by molar-refractivity contribution is -0.131. The van der Waals surface area contributed by atoms with Gasteiger partial charge in [-0.2, -0.15) is 0 Å². The summed E-state index contributed by atoms with van der Waals surface area (Å²) in [7, 11) is 1.71. The third-order valence-corrected chi connectivity index (χ3v) is 5.68. The number of benzene rings is 1. The normalized spacial score (nSPS) is 15.1. The second kappa shape index (κ2) is 11.6. The quantitative estimate of drug-likeness (QED) is 0.405. The molecule has 0 radical (unpaired) electrons. The Morgan fingerprint density at radius 3 is 2.57 bits per heavy atom. The predicted molar refractivity (Wildman–Crippen MR) is 122 cm³/mol. The smallest absolute Gasteiger partial charge is 0.241 e. The number of likely N-dealkylation sites (tertiary alicyclic amines) is 1. The lowest BCUT2D eigenvalue weighted by Crippen LogP contribution is -2.47. The molecule has 1 aromatic carbocycles. The van der Waals surface area contributed by atoms with Gasteiger partial charge in [0.25, 0.3) is 0 Å². The van der Waals surface area contributed by atoms with Crippen molar-refractivity contribution >= 4 is 23.5 Å². The monoisotopic (exact) mass is 427 g/mol. The van der Waals surface area contributed by atoms with E-state index in [-0.39, 0.29) is 12.5 Å². The fraction of sp³-hybridized carbons (Fsp3) is 0.435. The zero-order valence-electron chi connectivity index (χ0n) is 17.5. The van der Waals surface area contributed by atoms with Crippen LogP contribution in [0.2, 0.25) is 5.15 Å². The number of piperidine rings is 1. The summed E-state index contributed by atoms with van der Waals surface area (Å²) < 4.78 is 0. The van der Waals surface area contributed by atoms with E-state index in [1.165, 1.54) is 5.56 Å². The van der Waals surface area contributed by atoms with Gasteiger partial charge >= 0.3 is 0 Å². The molecule has 0 atom stereocenters. The molecule has 0 spiro atoms. The fourth-order valence-electron chi connectivity index (χ4n) is 3.71. The number of guanidine groups is 1. The largest absolute Gasteiger partial charge is 0.356 e. The number of aliphatic imine (C=N–C) groups is 1. The number of rotatable bonds is 7. The lowest BCUT2D eigenvalue weighted by Gasteiger charge is -2.32. The second-order valence-electron chi connectivity index (χ2n) is 7.61. The molecule has 1 aliphatic rings. The molecular formula is C23H30ClN5O. The van der Waals surface area contributed by atoms with Crippen molar-refractivity contribution in [3.8, 4) is 0 Å². The van der Waals surface area contributed by atoms with Crippen LogP contribution >= 0.6 is 11.6 Å². The molecule has 6 nitrogen and oxygen atoms in total. The number of halogens is 1. The van der Waals surface area contributed by atoms with Crippen molar-refractivity contribution in [2.75, 3.05) is 33.2 Å². The molecule has 2 aromatic rings. The van der Waals surface area contributed by atoms with Crippen LogP contribution < -0.4 is 10.6 Å². The number of carbonyl (C=O) groups is 1. The van der Waals surface area contributed by atoms with Gasteiger partial charge in [-0.3, -0.25) is 9.79 Å². The zero-order chi connectivity index (χ0) is 21.2. The SMILES string of the molecule is CN=C(NCCc1ccc(Cl)nc1)NCC(=O)N1CCC(Cc2ccccc2)CC1. The number of pyridine rings is 1. The summed E-state index contributed by atoms with van der Waals surface area (Å²) in [4.78, 5) is 22.8. The number of nitrogens with one attached hydrogen (secondary N) is 2. The van der Waals surface area contributed by atoms with E-state index in [9.17, 15) is 4.79 Å². The minimum atomic E-state index is 0.123. The fourth-order valence-corrected chi connectivity index (χ4v) is 3.82. The van der Waals surface area contributed by atoms with Crippen LogP contribution in [0.15, 0.2) is 53.7 Å². The summed E-state index contributed by atoms with van der Waals surface area (Å²) in [5.74, 6) is 1.41. The van der Waals surface area contributed by atoms with E-state index in [2.05, 4.69) is 50.9 Å². The van der Waals surface area contributed by atoms with Gasteiger partial charge in [0.15, 0.2) is 5.96 Å². The van der Waals surface area contributed by atoms with Gasteiger partial charge in [0, 0.05) is 32.9 Å². The average molecular weight is 428 g/mol. The maximum absolute atomic E-state index is 12.6. The molecule has 0 saturated carbocycles. The molecule has 1 aromatic heterocycles. The number of carbonyl (C=O) groups excluding carboxylic acids is 1. The van der Waals surface area contributed by atoms with Gasteiger partial charge in [-0.25, -0.2) is 4.98 Å². The Hall–Kier alpha value is -2.60. The third-order valence-electron chi connectivity index (χ3n) is 5.46. The van der Waals surface area contributed by atoms with E-state index in [0.717, 1.165) is 44.3 Å². The van der Waals surface area contributed by atoms with Crippen LogP contribution in [-0.4, -0.2) is 55.0 Å². The van der Waals surface area contributed by atoms with E-state index < -0.39 is 0 Å². The van der Waals surface area contributed by atoms with Gasteiger partial charge in [0.1, 0.15) is 5.15 Å². The van der Waals surface area contributed by atoms with Crippen LogP contribution in [0.3, 0.4) is 0 Å². The summed E-state index contributed by atoms with van der Waals surface area (Å²) in [6.45, 7) is 2.61. The van der Waals surface area contributed by atoms with E-state index in [4.69, 9.17) is 11.6 Å². The van der Waals surface area contributed by atoms with Gasteiger partial charge < -0.3 is 15.5 Å². The molecule has 7 heteroatoms. The van der Waals surface area contributed by atoms with Crippen LogP contribution in [0.1, 0.15) is 24.0 Å². The Bertz CT molecular complexity index is 817. The lowest BCUT2D eigenvalue weighted by atomic mass is 9.90. The highest BCUT2D eigenvalue weighted by Crippen LogP contribution is 2.21. The van der Waals surface area contributed by atoms with E-state index in [0.29, 0.717) is 23.6 Å². The topological polar surface area (TPSA) is 69.6 Å². The molecule has 3 rings (SSSR count). The molecule has 1 saturated heterocycles. The first-order valence-electron chi connectivity index (χ1n) is 10.5. The summed E-state index contributed by atoms with van der Waals surface area (Å²) in [6.07, 6.45) is 5.78. The third kappa shape index (κ3) is 7.02. The number of nitrogens with zero attached hydrogens (tertiary/aromatic N) is 3. The summed E-state index contributed by atoms with van der Waals surface area (Å²) in [5, 5.41) is 6.85. The first-order chi connectivity index (χ1) is 14.6. The molecule has 1 fully saturated rings. The van der Waals surface area contributed by atoms with Gasteiger partial charge in [-0.15, -0.1) is 0 Å². The van der Waals surface area contributed by atoms with Gasteiger partial charge in [-0.1, -0.05) is 48.0 Å². The standard InChI is InChI=1S/C23H30ClN5O/c1-25-23(26-12-9-20-7-8-21(24)27-16-20)28-17-22(30)29-13-10-19(11-14-29)15-18-5-3-2-4-6-18/h2-8,16,19H,9-15,17H2,1H3,(H2,25,26,28). The first kappa shape index (κ1) is 22.1. The zero-order valence-corrected chi connectivity index (χ0v) is 18.2. The van der Waals surface area contributed by atoms with Crippen molar-refractivity contribution in [2.45, 2.75) is 25.7 Å². The van der Waals surface area contributed by atoms with Crippen LogP contribution in [0.5, 0.6) is 0 Å². The first-order valence-corrected chi connectivity index (χ1v) is 10.9. The van der Waals surface area contributed by atoms with Gasteiger partial charge in [0.2, 0.25) is 5.91 Å². The molecular weight excluding hydrogens is 398 g/mol. The average Bonchev–Trinajstić information content (AvgIpc) is 2.78. The summed E-state index contributed by atoms with van der Waals surface area (Å²) in [6, 6.07) is 14.3. The van der Waals surface area contributed by atoms with Crippen molar-refractivity contribution in [3.63, 3.8) is 0 Å². The molecule has 160 valence electrons. The molecule has 1 amide bonds. The molecule has 0 unspecified atom stereocenters. The van der Waals surface area contributed by atoms with Crippen LogP contribution in [0.25, 0.3) is 0 Å². The molecule has 2 heterocycles. The Balaban J connectivity index is 1.34. The van der Waals surface area contributed by atoms with Crippen molar-refractivity contribution in [1.29, 1.82) is 0 Å². The maximum Gasteiger partial charge on any atom is 0.241 e. The number of amides is 1. The van der Waals surface area contributed by atoms with Crippen molar-refractivity contribution in [2.24, 2.45) is 10.9 Å². The van der Waals surface area contributed by atoms with Crippen molar-refractivity contribution in [3.05, 3.63) is 64.9 Å². The second-order valence-corrected chi connectivity index (χ2v) is 7.99. The van der Waals surface area contributed by atoms with Crippen LogP contribution in [-0.2, 0) is 17.6 Å². The molecule has 0 aliphatic carbocycles.